The maximum absolute atomic E-state index is 12.6. The normalized spacial score (nSPS) is 11.2. The fraction of sp³-hybridized carbons (Fsp3) is 0.0588. The van der Waals surface area contributed by atoms with Crippen molar-refractivity contribution in [1.82, 2.24) is 19.4 Å². The van der Waals surface area contributed by atoms with Gasteiger partial charge in [-0.05, 0) is 19.1 Å². The highest BCUT2D eigenvalue weighted by molar-refractivity contribution is 5.79. The number of aryl methyl sites for hydroxylation is 1. The van der Waals surface area contributed by atoms with Gasteiger partial charge in [-0.25, -0.2) is 9.38 Å². The van der Waals surface area contributed by atoms with Gasteiger partial charge >= 0.3 is 0 Å². The predicted molar refractivity (Wildman–Crippen MR) is 89.1 cm³/mol. The van der Waals surface area contributed by atoms with Gasteiger partial charge in [0.05, 0.1) is 10.9 Å². The molecule has 6 nitrogen and oxygen atoms in total. The van der Waals surface area contributed by atoms with E-state index in [2.05, 4.69) is 15.0 Å². The van der Waals surface area contributed by atoms with E-state index in [0.29, 0.717) is 16.7 Å². The third-order valence-electron chi connectivity index (χ3n) is 3.72. The summed E-state index contributed by atoms with van der Waals surface area (Å²) >= 11 is 0. The zero-order valence-electron chi connectivity index (χ0n) is 12.4. The SMILES string of the molecule is Cc1ccc(-c2nc(N)n3c(=O)c4ccccc4nc3n2)cc1. The summed E-state index contributed by atoms with van der Waals surface area (Å²) in [5.74, 6) is 0.773. The predicted octanol–water partition coefficient (Wildman–Crippen LogP) is 2.20. The van der Waals surface area contributed by atoms with Gasteiger partial charge in [0.15, 0.2) is 5.82 Å². The van der Waals surface area contributed by atoms with Crippen LogP contribution < -0.4 is 11.3 Å². The maximum atomic E-state index is 12.6. The molecule has 112 valence electrons. The van der Waals surface area contributed by atoms with Gasteiger partial charge < -0.3 is 5.73 Å². The number of nitrogen functional groups attached to an aromatic ring is 1. The van der Waals surface area contributed by atoms with Gasteiger partial charge in [0.1, 0.15) is 0 Å². The molecule has 0 radical (unpaired) electrons. The summed E-state index contributed by atoms with van der Waals surface area (Å²) in [6.07, 6.45) is 0. The van der Waals surface area contributed by atoms with Crippen LogP contribution in [0.2, 0.25) is 0 Å². The first kappa shape index (κ1) is 13.4. The van der Waals surface area contributed by atoms with E-state index >= 15 is 0 Å². The van der Waals surface area contributed by atoms with Crippen molar-refractivity contribution in [3.05, 3.63) is 64.4 Å². The van der Waals surface area contributed by atoms with E-state index in [0.717, 1.165) is 11.1 Å². The van der Waals surface area contributed by atoms with Crippen LogP contribution in [0.25, 0.3) is 28.1 Å². The lowest BCUT2D eigenvalue weighted by Crippen LogP contribution is -2.21. The van der Waals surface area contributed by atoms with Gasteiger partial charge in [0.25, 0.3) is 5.56 Å². The lowest BCUT2D eigenvalue weighted by atomic mass is 10.1. The molecule has 0 bridgehead atoms. The van der Waals surface area contributed by atoms with E-state index < -0.39 is 0 Å². The average molecular weight is 303 g/mol. The lowest BCUT2D eigenvalue weighted by molar-refractivity contribution is 0.977. The zero-order chi connectivity index (χ0) is 16.0. The Bertz CT molecular complexity index is 1100. The quantitative estimate of drug-likeness (QED) is 0.545. The second-order valence-corrected chi connectivity index (χ2v) is 5.34. The minimum atomic E-state index is -0.265. The Hall–Kier alpha value is -3.28. The second kappa shape index (κ2) is 4.88. The Morgan fingerprint density at radius 3 is 2.48 bits per heavy atom. The number of nitrogens with zero attached hydrogens (tertiary/aromatic N) is 4. The molecule has 0 fully saturated rings. The van der Waals surface area contributed by atoms with Crippen molar-refractivity contribution in [1.29, 1.82) is 0 Å². The standard InChI is InChI=1S/C17H13N5O/c1-10-6-8-11(9-7-10)14-20-16(18)22-15(23)12-4-2-3-5-13(12)19-17(22)21-14/h2-9H,1H3,(H2,18,19,20,21). The molecular formula is C17H13N5O. The van der Waals surface area contributed by atoms with Gasteiger partial charge in [-0.3, -0.25) is 4.79 Å². The third-order valence-corrected chi connectivity index (χ3v) is 3.72. The number of fused-ring (bicyclic) bond motifs is 2. The van der Waals surface area contributed by atoms with E-state index in [9.17, 15) is 4.79 Å². The van der Waals surface area contributed by atoms with Gasteiger partial charge in [-0.15, -0.1) is 0 Å². The van der Waals surface area contributed by atoms with Crippen LogP contribution >= 0.6 is 0 Å². The molecule has 0 atom stereocenters. The largest absolute Gasteiger partial charge is 0.369 e. The molecule has 0 aliphatic carbocycles. The molecule has 6 heteroatoms. The highest BCUT2D eigenvalue weighted by Crippen LogP contribution is 2.18. The van der Waals surface area contributed by atoms with Crippen LogP contribution in [0.4, 0.5) is 5.95 Å². The molecule has 0 saturated heterocycles. The Morgan fingerprint density at radius 1 is 0.957 bits per heavy atom. The van der Waals surface area contributed by atoms with Crippen molar-refractivity contribution < 1.29 is 0 Å². The van der Waals surface area contributed by atoms with Crippen molar-refractivity contribution in [2.45, 2.75) is 6.92 Å². The van der Waals surface area contributed by atoms with E-state index in [1.807, 2.05) is 37.3 Å². The molecule has 2 aromatic carbocycles. The highest BCUT2D eigenvalue weighted by atomic mass is 16.1. The van der Waals surface area contributed by atoms with Crippen LogP contribution in [-0.2, 0) is 0 Å². The molecule has 2 N–H and O–H groups in total. The van der Waals surface area contributed by atoms with Crippen molar-refractivity contribution >= 4 is 22.6 Å². The zero-order valence-corrected chi connectivity index (χ0v) is 12.4. The summed E-state index contributed by atoms with van der Waals surface area (Å²) in [6.45, 7) is 2.01. The highest BCUT2D eigenvalue weighted by Gasteiger charge is 2.12. The molecule has 0 unspecified atom stereocenters. The van der Waals surface area contributed by atoms with Gasteiger partial charge in [-0.1, -0.05) is 42.0 Å². The van der Waals surface area contributed by atoms with Crippen molar-refractivity contribution in [2.75, 3.05) is 5.73 Å². The number of hydrogen-bond donors (Lipinski definition) is 1. The number of benzene rings is 2. The summed E-state index contributed by atoms with van der Waals surface area (Å²) in [6, 6.07) is 14.9. The van der Waals surface area contributed by atoms with Gasteiger partial charge in [0, 0.05) is 5.56 Å². The summed E-state index contributed by atoms with van der Waals surface area (Å²) in [5.41, 5.74) is 8.28. The van der Waals surface area contributed by atoms with Crippen LogP contribution in [0.3, 0.4) is 0 Å². The van der Waals surface area contributed by atoms with Crippen LogP contribution in [-0.4, -0.2) is 19.4 Å². The molecule has 4 rings (SSSR count). The Labute approximate surface area is 131 Å². The minimum absolute atomic E-state index is 0.0776. The van der Waals surface area contributed by atoms with E-state index in [1.165, 1.54) is 4.40 Å². The van der Waals surface area contributed by atoms with Gasteiger partial charge in [0.2, 0.25) is 11.7 Å². The van der Waals surface area contributed by atoms with E-state index in [-0.39, 0.29) is 17.3 Å². The number of nitrogens with two attached hydrogens (primary N) is 1. The summed E-state index contributed by atoms with van der Waals surface area (Å²) in [5, 5.41) is 0.489. The lowest BCUT2D eigenvalue weighted by Gasteiger charge is -2.07. The number of para-hydroxylation sites is 1. The monoisotopic (exact) mass is 303 g/mol. The molecule has 23 heavy (non-hydrogen) atoms. The molecule has 4 aromatic rings. The first-order valence-electron chi connectivity index (χ1n) is 7.15. The van der Waals surface area contributed by atoms with E-state index in [4.69, 9.17) is 5.73 Å². The Kier molecular flexibility index (Phi) is 2.84. The molecular weight excluding hydrogens is 290 g/mol. The molecule has 0 amide bonds. The summed E-state index contributed by atoms with van der Waals surface area (Å²) < 4.78 is 1.24. The second-order valence-electron chi connectivity index (χ2n) is 5.34. The number of rotatable bonds is 1. The smallest absolute Gasteiger partial charge is 0.269 e. The average Bonchev–Trinajstić information content (AvgIpc) is 2.55. The maximum Gasteiger partial charge on any atom is 0.269 e. The fourth-order valence-corrected chi connectivity index (χ4v) is 2.51. The molecule has 0 spiro atoms. The molecule has 0 aliphatic heterocycles. The number of hydrogen-bond acceptors (Lipinski definition) is 5. The molecule has 2 heterocycles. The fourth-order valence-electron chi connectivity index (χ4n) is 2.51. The van der Waals surface area contributed by atoms with Crippen LogP contribution in [0.15, 0.2) is 53.3 Å². The summed E-state index contributed by atoms with van der Waals surface area (Å²) in [4.78, 5) is 25.7. The number of anilines is 1. The third kappa shape index (κ3) is 2.12. The number of aromatic nitrogens is 4. The first-order chi connectivity index (χ1) is 11.1. The molecule has 0 aliphatic rings. The molecule has 2 aromatic heterocycles. The molecule has 0 saturated carbocycles. The van der Waals surface area contributed by atoms with Crippen LogP contribution in [0, 0.1) is 6.92 Å². The van der Waals surface area contributed by atoms with E-state index in [1.54, 1.807) is 18.2 Å². The first-order valence-corrected chi connectivity index (χ1v) is 7.15. The van der Waals surface area contributed by atoms with Crippen molar-refractivity contribution in [3.63, 3.8) is 0 Å². The Morgan fingerprint density at radius 2 is 1.70 bits per heavy atom. The Balaban J connectivity index is 2.05. The van der Waals surface area contributed by atoms with Gasteiger partial charge in [-0.2, -0.15) is 9.97 Å². The van der Waals surface area contributed by atoms with Crippen molar-refractivity contribution in [2.24, 2.45) is 0 Å². The van der Waals surface area contributed by atoms with Crippen LogP contribution in [0.5, 0.6) is 0 Å². The van der Waals surface area contributed by atoms with Crippen LogP contribution in [0.1, 0.15) is 5.56 Å². The minimum Gasteiger partial charge on any atom is -0.369 e. The topological polar surface area (TPSA) is 86.2 Å². The summed E-state index contributed by atoms with van der Waals surface area (Å²) in [7, 11) is 0. The van der Waals surface area contributed by atoms with Crippen molar-refractivity contribution in [3.8, 4) is 11.4 Å².